The van der Waals surface area contributed by atoms with Crippen LogP contribution in [0.25, 0.3) is 0 Å². The topological polar surface area (TPSA) is 50.4 Å². The van der Waals surface area contributed by atoms with Gasteiger partial charge in [0.05, 0.1) is 2.88 Å². The number of guanidine groups is 1. The molecule has 1 aromatic heterocycles. The van der Waals surface area contributed by atoms with Crippen LogP contribution in [0, 0.1) is 2.88 Å². The highest BCUT2D eigenvalue weighted by molar-refractivity contribution is 14.1. The summed E-state index contributed by atoms with van der Waals surface area (Å²) >= 11 is 4.16. The minimum absolute atomic E-state index is 0.569. The number of aliphatic imine (C=N–C) groups is 1. The lowest BCUT2D eigenvalue weighted by Gasteiger charge is -2.04. The Bertz CT molecular complexity index is 336. The van der Waals surface area contributed by atoms with Gasteiger partial charge in [0.1, 0.15) is 0 Å². The lowest BCUT2D eigenvalue weighted by atomic mass is 10.3. The fraction of sp³-hybridized carbons (Fsp3) is 0.545. The van der Waals surface area contributed by atoms with Crippen LogP contribution in [0.4, 0.5) is 0 Å². The highest BCUT2D eigenvalue weighted by Gasteiger charge is 1.97. The first-order chi connectivity index (χ1) is 7.72. The molecule has 0 bridgehead atoms. The second-order valence-corrected chi connectivity index (χ2v) is 6.57. The zero-order valence-corrected chi connectivity index (χ0v) is 12.5. The quantitative estimate of drug-likeness (QED) is 0.358. The maximum Gasteiger partial charge on any atom is 0.188 e. The van der Waals surface area contributed by atoms with Gasteiger partial charge in [0.15, 0.2) is 5.96 Å². The fourth-order valence-electron chi connectivity index (χ4n) is 1.21. The normalized spacial score (nSPS) is 11.8. The van der Waals surface area contributed by atoms with Crippen LogP contribution in [0.1, 0.15) is 24.6 Å². The summed E-state index contributed by atoms with van der Waals surface area (Å²) in [5, 5.41) is 3.13. The molecular weight excluding hydrogens is 333 g/mol. The smallest absolute Gasteiger partial charge is 0.188 e. The summed E-state index contributed by atoms with van der Waals surface area (Å²) in [6.45, 7) is 3.84. The molecule has 0 radical (unpaired) electrons. The highest BCUT2D eigenvalue weighted by atomic mass is 127. The van der Waals surface area contributed by atoms with Crippen LogP contribution in [0.3, 0.4) is 0 Å². The summed E-state index contributed by atoms with van der Waals surface area (Å²) in [5.74, 6) is 0.569. The summed E-state index contributed by atoms with van der Waals surface area (Å²) in [6, 6.07) is 4.30. The number of halogens is 1. The molecular formula is C11H18IN3S. The minimum Gasteiger partial charge on any atom is -0.370 e. The van der Waals surface area contributed by atoms with Crippen LogP contribution in [0.2, 0.25) is 0 Å². The Balaban J connectivity index is 2.17. The highest BCUT2D eigenvalue weighted by Crippen LogP contribution is 2.18. The van der Waals surface area contributed by atoms with Gasteiger partial charge in [0.2, 0.25) is 0 Å². The zero-order valence-electron chi connectivity index (χ0n) is 9.50. The zero-order chi connectivity index (χ0) is 11.8. The molecule has 1 heterocycles. The first-order valence-corrected chi connectivity index (χ1v) is 7.40. The summed E-state index contributed by atoms with van der Waals surface area (Å²) in [7, 11) is 0. The molecule has 1 aromatic rings. The van der Waals surface area contributed by atoms with Crippen LogP contribution in [-0.4, -0.2) is 19.0 Å². The Hall–Kier alpha value is -0.300. The number of nitrogens with one attached hydrogen (secondary N) is 1. The van der Waals surface area contributed by atoms with E-state index in [-0.39, 0.29) is 0 Å². The lowest BCUT2D eigenvalue weighted by molar-refractivity contribution is 0.792. The van der Waals surface area contributed by atoms with Crippen molar-refractivity contribution in [3.05, 3.63) is 19.9 Å². The van der Waals surface area contributed by atoms with Gasteiger partial charge >= 0.3 is 0 Å². The molecule has 0 atom stereocenters. The van der Waals surface area contributed by atoms with Crippen molar-refractivity contribution in [1.29, 1.82) is 0 Å². The monoisotopic (exact) mass is 351 g/mol. The molecule has 3 nitrogen and oxygen atoms in total. The molecule has 0 fully saturated rings. The van der Waals surface area contributed by atoms with Gasteiger partial charge in [0, 0.05) is 18.0 Å². The van der Waals surface area contributed by atoms with Gasteiger partial charge in [-0.25, -0.2) is 0 Å². The van der Waals surface area contributed by atoms with E-state index in [1.54, 1.807) is 0 Å². The first kappa shape index (κ1) is 13.8. The molecule has 0 amide bonds. The van der Waals surface area contributed by atoms with E-state index in [9.17, 15) is 0 Å². The molecule has 1 rings (SSSR count). The molecule has 0 aliphatic carbocycles. The molecule has 0 saturated carbocycles. The second-order valence-electron chi connectivity index (χ2n) is 3.50. The average Bonchev–Trinajstić information content (AvgIpc) is 2.65. The summed E-state index contributed by atoms with van der Waals surface area (Å²) < 4.78 is 1.33. The summed E-state index contributed by atoms with van der Waals surface area (Å²) in [6.07, 6.45) is 3.27. The Labute approximate surface area is 115 Å². The van der Waals surface area contributed by atoms with Gasteiger partial charge in [-0.15, -0.1) is 11.3 Å². The predicted molar refractivity (Wildman–Crippen MR) is 80.1 cm³/mol. The third kappa shape index (κ3) is 5.69. The van der Waals surface area contributed by atoms with Gasteiger partial charge in [-0.3, -0.25) is 4.99 Å². The van der Waals surface area contributed by atoms with Crippen LogP contribution in [0.5, 0.6) is 0 Å². The van der Waals surface area contributed by atoms with Gasteiger partial charge in [0.25, 0.3) is 0 Å². The molecule has 0 aliphatic rings. The standard InChI is InChI=1S/C11H18IN3S/c1-2-3-7-14-11(13)15-8-6-9-4-5-10(12)16-9/h4-5H,2-3,6-8H2,1H3,(H3,13,14,15). The molecule has 0 aliphatic heterocycles. The van der Waals surface area contributed by atoms with E-state index < -0.39 is 0 Å². The van der Waals surface area contributed by atoms with E-state index in [2.05, 4.69) is 52.0 Å². The van der Waals surface area contributed by atoms with E-state index in [1.165, 1.54) is 7.76 Å². The Morgan fingerprint density at radius 2 is 2.38 bits per heavy atom. The molecule has 16 heavy (non-hydrogen) atoms. The lowest BCUT2D eigenvalue weighted by Crippen LogP contribution is -2.33. The van der Waals surface area contributed by atoms with Crippen LogP contribution >= 0.6 is 33.9 Å². The molecule has 0 spiro atoms. The van der Waals surface area contributed by atoms with Crippen molar-refractivity contribution in [2.24, 2.45) is 10.7 Å². The number of thiophene rings is 1. The van der Waals surface area contributed by atoms with Crippen LogP contribution in [-0.2, 0) is 6.42 Å². The van der Waals surface area contributed by atoms with Crippen molar-refractivity contribution < 1.29 is 0 Å². The number of rotatable bonds is 6. The third-order valence-electron chi connectivity index (χ3n) is 2.10. The van der Waals surface area contributed by atoms with Crippen LogP contribution in [0.15, 0.2) is 17.1 Å². The number of hydrogen-bond acceptors (Lipinski definition) is 2. The number of nitrogens with two attached hydrogens (primary N) is 1. The number of unbranched alkanes of at least 4 members (excludes halogenated alkanes) is 1. The van der Waals surface area contributed by atoms with E-state index in [1.807, 2.05) is 11.3 Å². The third-order valence-corrected chi connectivity index (χ3v) is 4.05. The maximum absolute atomic E-state index is 5.72. The summed E-state index contributed by atoms with van der Waals surface area (Å²) in [5.41, 5.74) is 5.72. The van der Waals surface area contributed by atoms with Crippen molar-refractivity contribution in [2.45, 2.75) is 26.2 Å². The largest absolute Gasteiger partial charge is 0.370 e. The average molecular weight is 351 g/mol. The summed E-state index contributed by atoms with van der Waals surface area (Å²) in [4.78, 5) is 5.62. The van der Waals surface area contributed by atoms with Gasteiger partial charge in [-0.05, 0) is 47.6 Å². The van der Waals surface area contributed by atoms with Crippen molar-refractivity contribution in [1.82, 2.24) is 5.32 Å². The Morgan fingerprint density at radius 1 is 1.56 bits per heavy atom. The maximum atomic E-state index is 5.72. The van der Waals surface area contributed by atoms with Crippen molar-refractivity contribution >= 4 is 39.9 Å². The van der Waals surface area contributed by atoms with Gasteiger partial charge < -0.3 is 11.1 Å². The molecule has 90 valence electrons. The van der Waals surface area contributed by atoms with E-state index in [0.717, 1.165) is 32.4 Å². The Kier molecular flexibility index (Phi) is 6.79. The van der Waals surface area contributed by atoms with E-state index in [4.69, 9.17) is 5.73 Å². The van der Waals surface area contributed by atoms with Crippen molar-refractivity contribution in [3.8, 4) is 0 Å². The molecule has 0 aromatic carbocycles. The predicted octanol–water partition coefficient (Wildman–Crippen LogP) is 2.60. The molecule has 3 N–H and O–H groups in total. The van der Waals surface area contributed by atoms with Gasteiger partial charge in [-0.1, -0.05) is 13.3 Å². The second kappa shape index (κ2) is 7.89. The van der Waals surface area contributed by atoms with Crippen LogP contribution < -0.4 is 11.1 Å². The Morgan fingerprint density at radius 3 is 3.00 bits per heavy atom. The van der Waals surface area contributed by atoms with Crippen molar-refractivity contribution in [3.63, 3.8) is 0 Å². The minimum atomic E-state index is 0.569. The van der Waals surface area contributed by atoms with Gasteiger partial charge in [-0.2, -0.15) is 0 Å². The number of nitrogens with zero attached hydrogens (tertiary/aromatic N) is 1. The SMILES string of the molecule is CCCCN=C(N)NCCc1ccc(I)s1. The molecule has 5 heteroatoms. The van der Waals surface area contributed by atoms with E-state index in [0.29, 0.717) is 5.96 Å². The molecule has 0 unspecified atom stereocenters. The fourth-order valence-corrected chi connectivity index (χ4v) is 2.97. The van der Waals surface area contributed by atoms with Crippen molar-refractivity contribution in [2.75, 3.05) is 13.1 Å². The van der Waals surface area contributed by atoms with E-state index >= 15 is 0 Å². The first-order valence-electron chi connectivity index (χ1n) is 5.50. The molecule has 0 saturated heterocycles. The number of hydrogen-bond donors (Lipinski definition) is 2.